The number of aromatic hydroxyl groups is 3. The van der Waals surface area contributed by atoms with Crippen LogP contribution in [0.15, 0.2) is 115 Å². The van der Waals surface area contributed by atoms with Gasteiger partial charge >= 0.3 is 237 Å². The quantitative estimate of drug-likeness (QED) is 0.0996. The van der Waals surface area contributed by atoms with Crippen LogP contribution in [0.3, 0.4) is 0 Å². The summed E-state index contributed by atoms with van der Waals surface area (Å²) in [7, 11) is 0. The minimum absolute atomic E-state index is 0.0141. The molecule has 0 radical (unpaired) electrons. The third-order valence-electron chi connectivity index (χ3n) is 10.0. The molecule has 0 saturated carbocycles. The molecular formula is C43H34IO3-. The molecule has 3 N–H and O–H groups in total. The first kappa shape index (κ1) is 29.6. The molecule has 8 rings (SSSR count). The molecule has 0 amide bonds. The monoisotopic (exact) mass is 725 g/mol. The van der Waals surface area contributed by atoms with E-state index in [1.807, 2.05) is 17.1 Å². The Labute approximate surface area is 285 Å². The summed E-state index contributed by atoms with van der Waals surface area (Å²) in [5.41, 5.74) is 11.1. The summed E-state index contributed by atoms with van der Waals surface area (Å²) in [5.74, 6) is -0.147. The summed E-state index contributed by atoms with van der Waals surface area (Å²) >= 11 is -0.650. The van der Waals surface area contributed by atoms with Crippen LogP contribution in [0.4, 0.5) is 0 Å². The number of benzene rings is 7. The molecule has 1 aliphatic rings. The number of fused-ring (bicyclic) bond motifs is 5. The molecular weight excluding hydrogens is 691 g/mol. The van der Waals surface area contributed by atoms with E-state index in [0.29, 0.717) is 20.3 Å². The van der Waals surface area contributed by atoms with Crippen LogP contribution in [0.25, 0.3) is 66.1 Å². The second kappa shape index (κ2) is 10.9. The normalized spacial score (nSPS) is 13.3. The number of alkyl halides is 1. The van der Waals surface area contributed by atoms with Gasteiger partial charge in [-0.2, -0.15) is 0 Å². The SMILES string of the molecule is C[I-]c1c(O)c(C)c(O)c(-c2ccc3c(-c4ccc5c(c4)C(C)(C)c4ccccc4-5)c4ccccc4c(-c4ccccc4)c3c2)c1O. The number of halogens is 1. The molecule has 47 heavy (non-hydrogen) atoms. The van der Waals surface area contributed by atoms with Crippen molar-refractivity contribution in [3.63, 3.8) is 0 Å². The second-order valence-electron chi connectivity index (χ2n) is 12.9. The molecule has 4 heteroatoms. The van der Waals surface area contributed by atoms with E-state index in [0.717, 1.165) is 38.4 Å². The van der Waals surface area contributed by atoms with Crippen molar-refractivity contribution in [2.75, 3.05) is 4.93 Å². The van der Waals surface area contributed by atoms with E-state index in [-0.39, 0.29) is 22.7 Å². The van der Waals surface area contributed by atoms with Crippen molar-refractivity contribution >= 4 is 21.5 Å². The average molecular weight is 726 g/mol. The topological polar surface area (TPSA) is 60.7 Å². The number of phenols is 3. The zero-order valence-electron chi connectivity index (χ0n) is 26.7. The third kappa shape index (κ3) is 4.31. The molecule has 1 aliphatic carbocycles. The van der Waals surface area contributed by atoms with Gasteiger partial charge in [0.25, 0.3) is 0 Å². The summed E-state index contributed by atoms with van der Waals surface area (Å²) in [4.78, 5) is 2.00. The minimum atomic E-state index is -0.650. The van der Waals surface area contributed by atoms with Crippen molar-refractivity contribution in [2.24, 2.45) is 0 Å². The van der Waals surface area contributed by atoms with Gasteiger partial charge in [-0.05, 0) is 11.1 Å². The van der Waals surface area contributed by atoms with Crippen LogP contribution in [0.5, 0.6) is 17.2 Å². The molecule has 0 aliphatic heterocycles. The predicted molar refractivity (Wildman–Crippen MR) is 190 cm³/mol. The van der Waals surface area contributed by atoms with Crippen LogP contribution in [0.2, 0.25) is 0 Å². The molecule has 0 aromatic heterocycles. The molecule has 7 aromatic carbocycles. The molecule has 7 aromatic rings. The van der Waals surface area contributed by atoms with Crippen LogP contribution in [-0.2, 0) is 5.41 Å². The van der Waals surface area contributed by atoms with Gasteiger partial charge in [0, 0.05) is 0 Å². The third-order valence-corrected chi connectivity index (χ3v) is 12.1. The Hall–Kier alpha value is -4.81. The van der Waals surface area contributed by atoms with Gasteiger partial charge in [-0.1, -0.05) is 38.1 Å². The van der Waals surface area contributed by atoms with Gasteiger partial charge in [0.2, 0.25) is 0 Å². The summed E-state index contributed by atoms with van der Waals surface area (Å²) in [5, 5.41) is 37.9. The van der Waals surface area contributed by atoms with Gasteiger partial charge in [-0.25, -0.2) is 0 Å². The van der Waals surface area contributed by atoms with Crippen molar-refractivity contribution in [1.29, 1.82) is 0 Å². The van der Waals surface area contributed by atoms with Crippen molar-refractivity contribution in [2.45, 2.75) is 26.2 Å². The van der Waals surface area contributed by atoms with Crippen molar-refractivity contribution in [3.05, 3.63) is 136 Å². The Kier molecular flexibility index (Phi) is 6.85. The summed E-state index contributed by atoms with van der Waals surface area (Å²) < 4.78 is 0.540. The van der Waals surface area contributed by atoms with E-state index in [1.165, 1.54) is 27.6 Å². The first-order valence-electron chi connectivity index (χ1n) is 15.8. The van der Waals surface area contributed by atoms with Gasteiger partial charge in [0.15, 0.2) is 0 Å². The predicted octanol–water partition coefficient (Wildman–Crippen LogP) is 7.61. The summed E-state index contributed by atoms with van der Waals surface area (Å²) in [6.07, 6.45) is 0. The van der Waals surface area contributed by atoms with Crippen molar-refractivity contribution < 1.29 is 36.5 Å². The fourth-order valence-electron chi connectivity index (χ4n) is 7.67. The molecule has 0 spiro atoms. The zero-order chi connectivity index (χ0) is 32.6. The Bertz CT molecular complexity index is 2410. The maximum atomic E-state index is 11.4. The number of hydrogen-bond donors (Lipinski definition) is 3. The molecule has 232 valence electrons. The van der Waals surface area contributed by atoms with Crippen molar-refractivity contribution in [3.8, 4) is 61.8 Å². The fraction of sp³-hybridized carbons (Fsp3) is 0.116. The molecule has 0 unspecified atom stereocenters. The van der Waals surface area contributed by atoms with Gasteiger partial charge in [0.1, 0.15) is 0 Å². The molecule has 0 atom stereocenters. The van der Waals surface area contributed by atoms with E-state index < -0.39 is 21.2 Å². The van der Waals surface area contributed by atoms with Gasteiger partial charge < -0.3 is 0 Å². The van der Waals surface area contributed by atoms with Crippen LogP contribution >= 0.6 is 0 Å². The maximum absolute atomic E-state index is 11.4. The van der Waals surface area contributed by atoms with E-state index in [1.54, 1.807) is 6.92 Å². The van der Waals surface area contributed by atoms with Crippen LogP contribution in [-0.4, -0.2) is 20.3 Å². The van der Waals surface area contributed by atoms with E-state index in [9.17, 15) is 15.3 Å². The van der Waals surface area contributed by atoms with E-state index >= 15 is 0 Å². The number of rotatable bonds is 4. The first-order chi connectivity index (χ1) is 22.7. The molecule has 0 heterocycles. The van der Waals surface area contributed by atoms with Crippen LogP contribution < -0.4 is 21.2 Å². The van der Waals surface area contributed by atoms with Crippen LogP contribution in [0, 0.1) is 10.5 Å². The Balaban J connectivity index is 1.48. The summed E-state index contributed by atoms with van der Waals surface area (Å²) in [6.45, 7) is 6.33. The standard InChI is InChI=1S/C43H34IO3/c1-24-40(45)38(42(47)39(44-4)41(24)46)26-19-21-32-33(22-26)36(25-12-6-5-7-13-25)30-15-8-9-16-31(30)37(32)27-18-20-29-28-14-10-11-17-34(28)43(2,3)35(29)23-27/h5-23,45-47H,1-4H3/q-1. The van der Waals surface area contributed by atoms with Crippen molar-refractivity contribution in [1.82, 2.24) is 0 Å². The van der Waals surface area contributed by atoms with E-state index in [2.05, 4.69) is 117 Å². The first-order valence-corrected chi connectivity index (χ1v) is 19.0. The second-order valence-corrected chi connectivity index (χ2v) is 15.1. The van der Waals surface area contributed by atoms with Gasteiger partial charge in [0.05, 0.1) is 0 Å². The molecule has 0 saturated heterocycles. The van der Waals surface area contributed by atoms with Crippen LogP contribution in [0.1, 0.15) is 30.5 Å². The number of phenolic OH excluding ortho intramolecular Hbond substituents is 3. The fourth-order valence-corrected chi connectivity index (χ4v) is 9.37. The van der Waals surface area contributed by atoms with E-state index in [4.69, 9.17) is 0 Å². The molecule has 0 bridgehead atoms. The van der Waals surface area contributed by atoms with Gasteiger partial charge in [-0.3, -0.25) is 0 Å². The zero-order valence-corrected chi connectivity index (χ0v) is 28.8. The average Bonchev–Trinajstić information content (AvgIpc) is 3.32. The summed E-state index contributed by atoms with van der Waals surface area (Å²) in [6, 6.07) is 40.9. The Morgan fingerprint density at radius 3 is 1.79 bits per heavy atom. The van der Waals surface area contributed by atoms with Gasteiger partial charge in [-0.15, -0.1) is 0 Å². The Morgan fingerprint density at radius 2 is 1.06 bits per heavy atom. The Morgan fingerprint density at radius 1 is 0.489 bits per heavy atom. The number of hydrogen-bond acceptors (Lipinski definition) is 3. The molecule has 0 fully saturated rings. The molecule has 3 nitrogen and oxygen atoms in total.